The van der Waals surface area contributed by atoms with Gasteiger partial charge in [0.1, 0.15) is 0 Å². The van der Waals surface area contributed by atoms with Crippen LogP contribution in [0.25, 0.3) is 0 Å². The molecule has 21 heavy (non-hydrogen) atoms. The van der Waals surface area contributed by atoms with Crippen LogP contribution in [-0.4, -0.2) is 34.1 Å². The highest BCUT2D eigenvalue weighted by Crippen LogP contribution is 2.19. The fraction of sp³-hybridized carbons (Fsp3) is 0.500. The molecule has 7 heteroatoms. The molecule has 0 saturated heterocycles. The van der Waals surface area contributed by atoms with Crippen LogP contribution in [0.2, 0.25) is 0 Å². The Morgan fingerprint density at radius 2 is 2.10 bits per heavy atom. The number of methoxy groups -OCH3 is 1. The zero-order valence-electron chi connectivity index (χ0n) is 12.3. The summed E-state index contributed by atoms with van der Waals surface area (Å²) in [6.45, 7) is 4.16. The Balaban J connectivity index is 3.01. The van der Waals surface area contributed by atoms with Crippen molar-refractivity contribution in [3.63, 3.8) is 0 Å². The van der Waals surface area contributed by atoms with Crippen molar-refractivity contribution in [2.24, 2.45) is 0 Å². The molecular weight excluding hydrogens is 314 g/mol. The molecule has 0 spiro atoms. The van der Waals surface area contributed by atoms with Gasteiger partial charge in [-0.15, -0.1) is 0 Å². The number of hydrogen-bond donors (Lipinski definition) is 1. The highest BCUT2D eigenvalue weighted by molar-refractivity contribution is 8.13. The molecule has 1 aromatic rings. The second-order valence-electron chi connectivity index (χ2n) is 4.83. The Morgan fingerprint density at radius 3 is 2.62 bits per heavy atom. The van der Waals surface area contributed by atoms with Gasteiger partial charge in [0.2, 0.25) is 0 Å². The number of benzene rings is 1. The predicted octanol–water partition coefficient (Wildman–Crippen LogP) is 2.47. The van der Waals surface area contributed by atoms with Gasteiger partial charge in [-0.25, -0.2) is 8.42 Å². The van der Waals surface area contributed by atoms with Crippen molar-refractivity contribution in [3.8, 4) is 0 Å². The van der Waals surface area contributed by atoms with Gasteiger partial charge in [-0.1, -0.05) is 19.4 Å². The first-order valence-corrected chi connectivity index (χ1v) is 8.95. The maximum Gasteiger partial charge on any atom is 0.261 e. The van der Waals surface area contributed by atoms with E-state index in [1.807, 2.05) is 6.92 Å². The van der Waals surface area contributed by atoms with E-state index in [9.17, 15) is 13.2 Å². The lowest BCUT2D eigenvalue weighted by molar-refractivity contribution is 0.0891. The van der Waals surface area contributed by atoms with Gasteiger partial charge in [0.15, 0.2) is 0 Å². The molecule has 1 aromatic carbocycles. The molecule has 5 nitrogen and oxygen atoms in total. The molecule has 1 amide bonds. The maximum atomic E-state index is 12.3. The van der Waals surface area contributed by atoms with E-state index >= 15 is 0 Å². The third-order valence-corrected chi connectivity index (χ3v) is 4.43. The third-order valence-electron chi connectivity index (χ3n) is 3.08. The van der Waals surface area contributed by atoms with Gasteiger partial charge in [-0.3, -0.25) is 4.79 Å². The average Bonchev–Trinajstić information content (AvgIpc) is 2.38. The van der Waals surface area contributed by atoms with Crippen molar-refractivity contribution in [1.29, 1.82) is 0 Å². The van der Waals surface area contributed by atoms with E-state index in [-0.39, 0.29) is 16.8 Å². The topological polar surface area (TPSA) is 72.5 Å². The SMILES string of the molecule is CCCC(COC)NC(=O)c1cc(S(=O)(=O)Cl)ccc1C. The molecule has 0 aliphatic heterocycles. The van der Waals surface area contributed by atoms with Crippen LogP contribution in [0.1, 0.15) is 35.7 Å². The molecule has 0 bridgehead atoms. The van der Waals surface area contributed by atoms with Crippen LogP contribution in [0.4, 0.5) is 0 Å². The number of nitrogens with one attached hydrogen (secondary N) is 1. The summed E-state index contributed by atoms with van der Waals surface area (Å²) < 4.78 is 27.8. The standard InChI is InChI=1S/C14H20ClNO4S/c1-4-5-11(9-20-3)16-14(17)13-8-12(21(15,18)19)7-6-10(13)2/h6-8,11H,4-5,9H2,1-3H3,(H,16,17). The van der Waals surface area contributed by atoms with Crippen molar-refractivity contribution in [1.82, 2.24) is 5.32 Å². The molecule has 118 valence electrons. The van der Waals surface area contributed by atoms with E-state index in [1.165, 1.54) is 12.1 Å². The van der Waals surface area contributed by atoms with Crippen molar-refractivity contribution in [2.75, 3.05) is 13.7 Å². The normalized spacial score (nSPS) is 13.0. The Labute approximate surface area is 130 Å². The number of ether oxygens (including phenoxy) is 1. The van der Waals surface area contributed by atoms with Crippen LogP contribution in [0, 0.1) is 6.92 Å². The van der Waals surface area contributed by atoms with E-state index in [4.69, 9.17) is 15.4 Å². The number of carbonyl (C=O) groups excluding carboxylic acids is 1. The summed E-state index contributed by atoms with van der Waals surface area (Å²) in [6.07, 6.45) is 1.69. The summed E-state index contributed by atoms with van der Waals surface area (Å²) in [4.78, 5) is 12.2. The minimum Gasteiger partial charge on any atom is -0.383 e. The molecule has 1 N–H and O–H groups in total. The maximum absolute atomic E-state index is 12.3. The summed E-state index contributed by atoms with van der Waals surface area (Å²) in [5, 5.41) is 2.85. The zero-order valence-corrected chi connectivity index (χ0v) is 13.9. The lowest BCUT2D eigenvalue weighted by Gasteiger charge is -2.18. The Morgan fingerprint density at radius 1 is 1.43 bits per heavy atom. The minimum atomic E-state index is -3.86. The van der Waals surface area contributed by atoms with Crippen LogP contribution in [0.15, 0.2) is 23.1 Å². The Bertz CT molecular complexity index is 595. The number of carbonyl (C=O) groups is 1. The fourth-order valence-corrected chi connectivity index (χ4v) is 2.78. The van der Waals surface area contributed by atoms with Gasteiger partial charge < -0.3 is 10.1 Å². The van der Waals surface area contributed by atoms with Gasteiger partial charge >= 0.3 is 0 Å². The second kappa shape index (κ2) is 7.77. The molecule has 0 saturated carbocycles. The second-order valence-corrected chi connectivity index (χ2v) is 7.39. The molecule has 0 fully saturated rings. The molecule has 1 unspecified atom stereocenters. The molecule has 0 aromatic heterocycles. The van der Waals surface area contributed by atoms with Crippen molar-refractivity contribution in [2.45, 2.75) is 37.6 Å². The van der Waals surface area contributed by atoms with Crippen LogP contribution in [-0.2, 0) is 13.8 Å². The molecule has 0 radical (unpaired) electrons. The summed E-state index contributed by atoms with van der Waals surface area (Å²) in [5.74, 6) is -0.329. The number of rotatable bonds is 7. The molecular formula is C14H20ClNO4S. The first-order valence-electron chi connectivity index (χ1n) is 6.64. The predicted molar refractivity (Wildman–Crippen MR) is 82.3 cm³/mol. The Hall–Kier alpha value is -1.11. The number of hydrogen-bond acceptors (Lipinski definition) is 4. The molecule has 1 rings (SSSR count). The monoisotopic (exact) mass is 333 g/mol. The average molecular weight is 334 g/mol. The summed E-state index contributed by atoms with van der Waals surface area (Å²) in [6, 6.07) is 4.13. The number of amides is 1. The lowest BCUT2D eigenvalue weighted by Crippen LogP contribution is -2.38. The van der Waals surface area contributed by atoms with Crippen LogP contribution < -0.4 is 5.32 Å². The quantitative estimate of drug-likeness (QED) is 0.778. The zero-order chi connectivity index (χ0) is 16.0. The van der Waals surface area contributed by atoms with E-state index in [1.54, 1.807) is 20.1 Å². The molecule has 0 aliphatic carbocycles. The Kier molecular flexibility index (Phi) is 6.64. The first-order chi connectivity index (χ1) is 9.79. The van der Waals surface area contributed by atoms with Gasteiger partial charge in [-0.05, 0) is 31.0 Å². The van der Waals surface area contributed by atoms with Gasteiger partial charge in [0.25, 0.3) is 15.0 Å². The van der Waals surface area contributed by atoms with E-state index in [2.05, 4.69) is 5.32 Å². The highest BCUT2D eigenvalue weighted by Gasteiger charge is 2.18. The third kappa shape index (κ3) is 5.30. The first kappa shape index (κ1) is 17.9. The van der Waals surface area contributed by atoms with Gasteiger partial charge in [0.05, 0.1) is 17.5 Å². The number of aryl methyl sites for hydroxylation is 1. The minimum absolute atomic E-state index is 0.0845. The largest absolute Gasteiger partial charge is 0.383 e. The van der Waals surface area contributed by atoms with Gasteiger partial charge in [0, 0.05) is 23.4 Å². The van der Waals surface area contributed by atoms with Crippen molar-refractivity contribution in [3.05, 3.63) is 29.3 Å². The van der Waals surface area contributed by atoms with E-state index in [0.717, 1.165) is 12.8 Å². The smallest absolute Gasteiger partial charge is 0.261 e. The van der Waals surface area contributed by atoms with Gasteiger partial charge in [-0.2, -0.15) is 0 Å². The van der Waals surface area contributed by atoms with E-state index in [0.29, 0.717) is 17.7 Å². The van der Waals surface area contributed by atoms with Crippen molar-refractivity contribution >= 4 is 25.6 Å². The summed E-state index contributed by atoms with van der Waals surface area (Å²) >= 11 is 0. The summed E-state index contributed by atoms with van der Waals surface area (Å²) in [5.41, 5.74) is 0.984. The van der Waals surface area contributed by atoms with Crippen molar-refractivity contribution < 1.29 is 17.9 Å². The summed E-state index contributed by atoms with van der Waals surface area (Å²) in [7, 11) is 3.03. The molecule has 0 heterocycles. The highest BCUT2D eigenvalue weighted by atomic mass is 35.7. The number of halogens is 1. The fourth-order valence-electron chi connectivity index (χ4n) is 2.01. The molecule has 1 atom stereocenters. The van der Waals surface area contributed by atoms with Crippen LogP contribution in [0.3, 0.4) is 0 Å². The molecule has 0 aliphatic rings. The van der Waals surface area contributed by atoms with Crippen LogP contribution >= 0.6 is 10.7 Å². The van der Waals surface area contributed by atoms with Crippen LogP contribution in [0.5, 0.6) is 0 Å². The van der Waals surface area contributed by atoms with E-state index < -0.39 is 9.05 Å². The lowest BCUT2D eigenvalue weighted by atomic mass is 10.1.